The zero-order chi connectivity index (χ0) is 12.5. The van der Waals surface area contributed by atoms with Crippen molar-refractivity contribution in [2.45, 2.75) is 39.0 Å². The second kappa shape index (κ2) is 8.23. The number of hydrogen-bond acceptors (Lipinski definition) is 3. The number of nitrogens with one attached hydrogen (secondary N) is 1. The van der Waals surface area contributed by atoms with Gasteiger partial charge in [0.1, 0.15) is 0 Å². The van der Waals surface area contributed by atoms with Crippen molar-refractivity contribution in [3.63, 3.8) is 0 Å². The highest BCUT2D eigenvalue weighted by atomic mass is 16.5. The van der Waals surface area contributed by atoms with Gasteiger partial charge in [-0.25, -0.2) is 0 Å². The van der Waals surface area contributed by atoms with Crippen LogP contribution >= 0.6 is 0 Å². The maximum Gasteiger partial charge on any atom is 0.0897 e. The summed E-state index contributed by atoms with van der Waals surface area (Å²) in [6.07, 6.45) is 0.630. The lowest BCUT2D eigenvalue weighted by molar-refractivity contribution is 0.0278. The molecule has 0 radical (unpaired) electrons. The first kappa shape index (κ1) is 14.2. The fraction of sp³-hybridized carbons (Fsp3) is 0.571. The van der Waals surface area contributed by atoms with Crippen molar-refractivity contribution in [3.05, 3.63) is 35.9 Å². The fourth-order valence-electron chi connectivity index (χ4n) is 1.43. The first-order chi connectivity index (χ1) is 8.22. The minimum Gasteiger partial charge on any atom is -0.389 e. The van der Waals surface area contributed by atoms with Crippen LogP contribution in [0, 0.1) is 0 Å². The Labute approximate surface area is 104 Å². The Kier molecular flexibility index (Phi) is 6.86. The summed E-state index contributed by atoms with van der Waals surface area (Å²) in [4.78, 5) is 0. The summed E-state index contributed by atoms with van der Waals surface area (Å²) in [5.74, 6) is 0. The molecule has 2 unspecified atom stereocenters. The molecule has 2 N–H and O–H groups in total. The minimum absolute atomic E-state index is 0.373. The SMILES string of the molecule is CCC(C)NCC(O)COCc1ccccc1. The Balaban J connectivity index is 2.10. The molecule has 0 spiro atoms. The van der Waals surface area contributed by atoms with Gasteiger partial charge in [0.25, 0.3) is 0 Å². The summed E-state index contributed by atoms with van der Waals surface area (Å²) in [5.41, 5.74) is 1.13. The molecule has 0 aliphatic heterocycles. The van der Waals surface area contributed by atoms with Gasteiger partial charge in [-0.15, -0.1) is 0 Å². The highest BCUT2D eigenvalue weighted by Gasteiger charge is 2.06. The standard InChI is InChI=1S/C14H23NO2/c1-3-12(2)15-9-14(16)11-17-10-13-7-5-4-6-8-13/h4-8,12,14-16H,3,9-11H2,1-2H3. The quantitative estimate of drug-likeness (QED) is 0.726. The van der Waals surface area contributed by atoms with Crippen molar-refractivity contribution < 1.29 is 9.84 Å². The van der Waals surface area contributed by atoms with E-state index in [1.165, 1.54) is 0 Å². The van der Waals surface area contributed by atoms with Crippen LogP contribution in [0.3, 0.4) is 0 Å². The topological polar surface area (TPSA) is 41.5 Å². The van der Waals surface area contributed by atoms with Gasteiger partial charge in [-0.05, 0) is 18.9 Å². The van der Waals surface area contributed by atoms with Crippen LogP contribution in [0.15, 0.2) is 30.3 Å². The number of hydrogen-bond donors (Lipinski definition) is 2. The molecule has 0 saturated carbocycles. The van der Waals surface area contributed by atoms with E-state index in [2.05, 4.69) is 19.2 Å². The molecule has 1 aromatic carbocycles. The number of rotatable bonds is 8. The smallest absolute Gasteiger partial charge is 0.0897 e. The third-order valence-electron chi connectivity index (χ3n) is 2.74. The van der Waals surface area contributed by atoms with Gasteiger partial charge in [0, 0.05) is 12.6 Å². The Bertz CT molecular complexity index is 290. The minimum atomic E-state index is -0.437. The molecule has 1 rings (SSSR count). The van der Waals surface area contributed by atoms with Crippen molar-refractivity contribution >= 4 is 0 Å². The van der Waals surface area contributed by atoms with Gasteiger partial charge < -0.3 is 15.2 Å². The normalized spacial score (nSPS) is 14.5. The van der Waals surface area contributed by atoms with E-state index in [4.69, 9.17) is 4.74 Å². The second-order valence-corrected chi connectivity index (χ2v) is 4.37. The predicted molar refractivity (Wildman–Crippen MR) is 69.9 cm³/mol. The van der Waals surface area contributed by atoms with E-state index < -0.39 is 6.10 Å². The van der Waals surface area contributed by atoms with Gasteiger partial charge in [-0.1, -0.05) is 37.3 Å². The van der Waals surface area contributed by atoms with Crippen LogP contribution in [0.25, 0.3) is 0 Å². The van der Waals surface area contributed by atoms with Crippen molar-refractivity contribution in [1.82, 2.24) is 5.32 Å². The van der Waals surface area contributed by atoms with Gasteiger partial charge in [-0.3, -0.25) is 0 Å². The Morgan fingerprint density at radius 2 is 2.00 bits per heavy atom. The number of aliphatic hydroxyl groups is 1. The van der Waals surface area contributed by atoms with Crippen molar-refractivity contribution in [3.8, 4) is 0 Å². The molecule has 17 heavy (non-hydrogen) atoms. The molecule has 0 bridgehead atoms. The molecule has 0 aliphatic carbocycles. The lowest BCUT2D eigenvalue weighted by Gasteiger charge is -2.15. The van der Waals surface area contributed by atoms with Gasteiger partial charge in [0.15, 0.2) is 0 Å². The van der Waals surface area contributed by atoms with Crippen LogP contribution in [0.1, 0.15) is 25.8 Å². The molecular formula is C14H23NO2. The van der Waals surface area contributed by atoms with Crippen LogP contribution in [0.5, 0.6) is 0 Å². The highest BCUT2D eigenvalue weighted by Crippen LogP contribution is 2.00. The van der Waals surface area contributed by atoms with Crippen LogP contribution in [0.4, 0.5) is 0 Å². The summed E-state index contributed by atoms with van der Waals surface area (Å²) in [6.45, 7) is 5.75. The molecule has 0 heterocycles. The maximum atomic E-state index is 9.68. The Hall–Kier alpha value is -0.900. The molecular weight excluding hydrogens is 214 g/mol. The van der Waals surface area contributed by atoms with Gasteiger partial charge in [0.2, 0.25) is 0 Å². The van der Waals surface area contributed by atoms with E-state index in [0.29, 0.717) is 25.8 Å². The molecule has 3 nitrogen and oxygen atoms in total. The predicted octanol–water partition coefficient (Wildman–Crippen LogP) is 1.95. The monoisotopic (exact) mass is 237 g/mol. The molecule has 2 atom stereocenters. The molecule has 0 aromatic heterocycles. The molecule has 0 amide bonds. The number of ether oxygens (including phenoxy) is 1. The average Bonchev–Trinajstić information content (AvgIpc) is 2.37. The van der Waals surface area contributed by atoms with Gasteiger partial charge >= 0.3 is 0 Å². The highest BCUT2D eigenvalue weighted by molar-refractivity contribution is 5.13. The summed E-state index contributed by atoms with van der Waals surface area (Å²) in [5, 5.41) is 12.9. The zero-order valence-electron chi connectivity index (χ0n) is 10.7. The first-order valence-electron chi connectivity index (χ1n) is 6.25. The summed E-state index contributed by atoms with van der Waals surface area (Å²) >= 11 is 0. The first-order valence-corrected chi connectivity index (χ1v) is 6.25. The Morgan fingerprint density at radius 3 is 2.65 bits per heavy atom. The van der Waals surface area contributed by atoms with Crippen LogP contribution in [-0.4, -0.2) is 30.4 Å². The van der Waals surface area contributed by atoms with E-state index >= 15 is 0 Å². The van der Waals surface area contributed by atoms with E-state index in [-0.39, 0.29) is 0 Å². The third kappa shape index (κ3) is 6.41. The summed E-state index contributed by atoms with van der Waals surface area (Å²) in [7, 11) is 0. The lowest BCUT2D eigenvalue weighted by atomic mass is 10.2. The largest absolute Gasteiger partial charge is 0.389 e. The van der Waals surface area contributed by atoms with Crippen molar-refractivity contribution in [2.24, 2.45) is 0 Å². The van der Waals surface area contributed by atoms with Crippen LogP contribution in [-0.2, 0) is 11.3 Å². The summed E-state index contributed by atoms with van der Waals surface area (Å²) in [6, 6.07) is 10.4. The lowest BCUT2D eigenvalue weighted by Crippen LogP contribution is -2.35. The molecule has 0 aliphatic rings. The van der Waals surface area contributed by atoms with Gasteiger partial charge in [-0.2, -0.15) is 0 Å². The zero-order valence-corrected chi connectivity index (χ0v) is 10.7. The third-order valence-corrected chi connectivity index (χ3v) is 2.74. The van der Waals surface area contributed by atoms with Crippen molar-refractivity contribution in [1.29, 1.82) is 0 Å². The van der Waals surface area contributed by atoms with Crippen molar-refractivity contribution in [2.75, 3.05) is 13.2 Å². The number of benzene rings is 1. The van der Waals surface area contributed by atoms with E-state index in [0.717, 1.165) is 12.0 Å². The molecule has 3 heteroatoms. The maximum absolute atomic E-state index is 9.68. The van der Waals surface area contributed by atoms with E-state index in [1.807, 2.05) is 30.3 Å². The second-order valence-electron chi connectivity index (χ2n) is 4.37. The molecule has 0 fully saturated rings. The number of aliphatic hydroxyl groups excluding tert-OH is 1. The van der Waals surface area contributed by atoms with E-state index in [1.54, 1.807) is 0 Å². The van der Waals surface area contributed by atoms with Gasteiger partial charge in [0.05, 0.1) is 19.3 Å². The average molecular weight is 237 g/mol. The summed E-state index contributed by atoms with van der Waals surface area (Å²) < 4.78 is 5.46. The van der Waals surface area contributed by atoms with Crippen LogP contribution < -0.4 is 5.32 Å². The Morgan fingerprint density at radius 1 is 1.29 bits per heavy atom. The molecule has 96 valence electrons. The molecule has 1 aromatic rings. The molecule has 0 saturated heterocycles. The van der Waals surface area contributed by atoms with Crippen LogP contribution in [0.2, 0.25) is 0 Å². The fourth-order valence-corrected chi connectivity index (χ4v) is 1.43. The van der Waals surface area contributed by atoms with E-state index in [9.17, 15) is 5.11 Å².